The summed E-state index contributed by atoms with van der Waals surface area (Å²) in [5.41, 5.74) is 5.95. The van der Waals surface area contributed by atoms with Crippen molar-refractivity contribution in [2.75, 3.05) is 24.7 Å². The minimum Gasteiger partial charge on any atom is -0.493 e. The van der Waals surface area contributed by atoms with Gasteiger partial charge in [-0.2, -0.15) is 11.8 Å². The number of amides is 1. The molecule has 0 bridgehead atoms. The van der Waals surface area contributed by atoms with Crippen LogP contribution in [0.5, 0.6) is 5.75 Å². The van der Waals surface area contributed by atoms with Crippen LogP contribution in [0.15, 0.2) is 45.5 Å². The quantitative estimate of drug-likeness (QED) is 0.590. The zero-order chi connectivity index (χ0) is 16.5. The molecular formula is C16H20BrClN2O3S. The first-order chi connectivity index (χ1) is 11.2. The SMILES string of the molecule is Cl.NCc1cc(C(=O)NCCSCCOc2cccc(Br)c2)co1. The van der Waals surface area contributed by atoms with Crippen molar-refractivity contribution in [1.82, 2.24) is 5.32 Å². The normalized spacial score (nSPS) is 10.1. The molecule has 0 aliphatic rings. The Kier molecular flexibility index (Phi) is 9.94. The Labute approximate surface area is 160 Å². The molecule has 8 heteroatoms. The largest absolute Gasteiger partial charge is 0.493 e. The van der Waals surface area contributed by atoms with Crippen LogP contribution in [0.25, 0.3) is 0 Å². The van der Waals surface area contributed by atoms with Gasteiger partial charge in [-0.15, -0.1) is 12.4 Å². The number of furan rings is 1. The summed E-state index contributed by atoms with van der Waals surface area (Å²) in [7, 11) is 0. The molecule has 2 rings (SSSR count). The summed E-state index contributed by atoms with van der Waals surface area (Å²) in [6.45, 7) is 1.53. The maximum Gasteiger partial charge on any atom is 0.254 e. The fourth-order valence-electron chi connectivity index (χ4n) is 1.82. The van der Waals surface area contributed by atoms with Crippen LogP contribution in [0, 0.1) is 0 Å². The van der Waals surface area contributed by atoms with Gasteiger partial charge in [-0.25, -0.2) is 0 Å². The van der Waals surface area contributed by atoms with Crippen molar-refractivity contribution in [3.05, 3.63) is 52.4 Å². The van der Waals surface area contributed by atoms with Crippen LogP contribution in [0.2, 0.25) is 0 Å². The lowest BCUT2D eigenvalue weighted by Gasteiger charge is -2.07. The third-order valence-corrected chi connectivity index (χ3v) is 4.38. The Balaban J connectivity index is 0.00000288. The summed E-state index contributed by atoms with van der Waals surface area (Å²) in [4.78, 5) is 11.8. The highest BCUT2D eigenvalue weighted by Gasteiger charge is 2.08. The molecule has 0 radical (unpaired) electrons. The van der Waals surface area contributed by atoms with Gasteiger partial charge in [0.25, 0.3) is 5.91 Å². The Morgan fingerprint density at radius 3 is 2.88 bits per heavy atom. The highest BCUT2D eigenvalue weighted by Crippen LogP contribution is 2.17. The number of benzene rings is 1. The van der Waals surface area contributed by atoms with E-state index in [0.29, 0.717) is 31.0 Å². The molecule has 1 aromatic heterocycles. The minimum atomic E-state index is -0.139. The van der Waals surface area contributed by atoms with Crippen molar-refractivity contribution in [3.8, 4) is 5.75 Å². The van der Waals surface area contributed by atoms with Crippen molar-refractivity contribution in [1.29, 1.82) is 0 Å². The Morgan fingerprint density at radius 1 is 1.33 bits per heavy atom. The van der Waals surface area contributed by atoms with Crippen LogP contribution in [0.3, 0.4) is 0 Å². The van der Waals surface area contributed by atoms with Crippen molar-refractivity contribution < 1.29 is 13.9 Å². The summed E-state index contributed by atoms with van der Waals surface area (Å²) in [6, 6.07) is 9.42. The average molecular weight is 436 g/mol. The first-order valence-corrected chi connectivity index (χ1v) is 9.15. The fourth-order valence-corrected chi connectivity index (χ4v) is 2.85. The molecule has 2 aromatic rings. The predicted octanol–water partition coefficient (Wildman–Crippen LogP) is 3.46. The summed E-state index contributed by atoms with van der Waals surface area (Å²) < 4.78 is 11.8. The van der Waals surface area contributed by atoms with Crippen LogP contribution in [0.4, 0.5) is 0 Å². The van der Waals surface area contributed by atoms with Gasteiger partial charge in [0.05, 0.1) is 18.7 Å². The Hall–Kier alpha value is -1.15. The molecule has 1 aromatic carbocycles. The molecular weight excluding hydrogens is 416 g/mol. The summed E-state index contributed by atoms with van der Waals surface area (Å²) in [5.74, 6) is 3.01. The standard InChI is InChI=1S/C16H19BrN2O3S.ClH/c17-13-2-1-3-14(9-13)21-5-7-23-6-4-19-16(20)12-8-15(10-18)22-11-12;/h1-3,8-9,11H,4-7,10,18H2,(H,19,20);1H. The molecule has 0 saturated carbocycles. The molecule has 0 aliphatic heterocycles. The van der Waals surface area contributed by atoms with E-state index in [9.17, 15) is 4.79 Å². The highest BCUT2D eigenvalue weighted by molar-refractivity contribution is 9.10. The number of thioether (sulfide) groups is 1. The van der Waals surface area contributed by atoms with E-state index in [1.54, 1.807) is 17.8 Å². The number of carbonyl (C=O) groups is 1. The molecule has 0 spiro atoms. The van der Waals surface area contributed by atoms with E-state index < -0.39 is 0 Å². The zero-order valence-corrected chi connectivity index (χ0v) is 16.2. The van der Waals surface area contributed by atoms with Gasteiger partial charge in [-0.3, -0.25) is 4.79 Å². The van der Waals surface area contributed by atoms with E-state index in [1.165, 1.54) is 6.26 Å². The van der Waals surface area contributed by atoms with E-state index >= 15 is 0 Å². The Bertz CT molecular complexity index is 639. The summed E-state index contributed by atoms with van der Waals surface area (Å²) in [5, 5.41) is 2.84. The third-order valence-electron chi connectivity index (χ3n) is 2.94. The molecule has 0 fully saturated rings. The number of halogens is 2. The van der Waals surface area contributed by atoms with Gasteiger partial charge in [-0.1, -0.05) is 22.0 Å². The molecule has 24 heavy (non-hydrogen) atoms. The third kappa shape index (κ3) is 7.17. The first kappa shape index (κ1) is 20.9. The molecule has 0 unspecified atom stereocenters. The molecule has 1 amide bonds. The lowest BCUT2D eigenvalue weighted by Crippen LogP contribution is -2.25. The van der Waals surface area contributed by atoms with Gasteiger partial charge >= 0.3 is 0 Å². The van der Waals surface area contributed by atoms with Gasteiger partial charge in [0.1, 0.15) is 17.8 Å². The number of hydrogen-bond acceptors (Lipinski definition) is 5. The maximum absolute atomic E-state index is 11.8. The topological polar surface area (TPSA) is 77.5 Å². The van der Waals surface area contributed by atoms with E-state index in [2.05, 4.69) is 21.2 Å². The van der Waals surface area contributed by atoms with Gasteiger partial charge in [0, 0.05) is 22.5 Å². The van der Waals surface area contributed by atoms with Crippen LogP contribution < -0.4 is 15.8 Å². The number of ether oxygens (including phenoxy) is 1. The van der Waals surface area contributed by atoms with Crippen molar-refractivity contribution >= 4 is 46.0 Å². The fraction of sp³-hybridized carbons (Fsp3) is 0.312. The molecule has 1 heterocycles. The smallest absolute Gasteiger partial charge is 0.254 e. The molecule has 0 atom stereocenters. The maximum atomic E-state index is 11.8. The van der Waals surface area contributed by atoms with Crippen LogP contribution in [0.1, 0.15) is 16.1 Å². The lowest BCUT2D eigenvalue weighted by atomic mass is 10.3. The molecule has 132 valence electrons. The van der Waals surface area contributed by atoms with Crippen molar-refractivity contribution in [2.45, 2.75) is 6.54 Å². The molecule has 0 saturated heterocycles. The number of hydrogen-bond donors (Lipinski definition) is 2. The van der Waals surface area contributed by atoms with Gasteiger partial charge in [-0.05, 0) is 24.3 Å². The molecule has 3 N–H and O–H groups in total. The molecule has 5 nitrogen and oxygen atoms in total. The second kappa shape index (κ2) is 11.4. The number of carbonyl (C=O) groups excluding carboxylic acids is 1. The summed E-state index contributed by atoms with van der Waals surface area (Å²) in [6.07, 6.45) is 1.43. The first-order valence-electron chi connectivity index (χ1n) is 7.21. The summed E-state index contributed by atoms with van der Waals surface area (Å²) >= 11 is 5.13. The van der Waals surface area contributed by atoms with Gasteiger partial charge in [0.15, 0.2) is 0 Å². The van der Waals surface area contributed by atoms with E-state index in [1.807, 2.05) is 24.3 Å². The minimum absolute atomic E-state index is 0. The van der Waals surface area contributed by atoms with E-state index in [0.717, 1.165) is 21.7 Å². The van der Waals surface area contributed by atoms with Crippen LogP contribution in [-0.4, -0.2) is 30.6 Å². The van der Waals surface area contributed by atoms with Gasteiger partial charge in [0.2, 0.25) is 0 Å². The van der Waals surface area contributed by atoms with E-state index in [4.69, 9.17) is 14.9 Å². The number of nitrogens with two attached hydrogens (primary N) is 1. The monoisotopic (exact) mass is 434 g/mol. The lowest BCUT2D eigenvalue weighted by molar-refractivity contribution is 0.0955. The number of rotatable bonds is 9. The predicted molar refractivity (Wildman–Crippen MR) is 103 cm³/mol. The van der Waals surface area contributed by atoms with Gasteiger partial charge < -0.3 is 20.2 Å². The average Bonchev–Trinajstić information content (AvgIpc) is 3.03. The molecule has 0 aliphatic carbocycles. The second-order valence-corrected chi connectivity index (χ2v) is 6.82. The van der Waals surface area contributed by atoms with Crippen LogP contribution >= 0.6 is 40.1 Å². The number of nitrogens with one attached hydrogen (secondary N) is 1. The second-order valence-electron chi connectivity index (χ2n) is 4.68. The highest BCUT2D eigenvalue weighted by atomic mass is 79.9. The van der Waals surface area contributed by atoms with Crippen LogP contribution in [-0.2, 0) is 6.54 Å². The Morgan fingerprint density at radius 2 is 2.17 bits per heavy atom. The van der Waals surface area contributed by atoms with Crippen molar-refractivity contribution in [2.24, 2.45) is 5.73 Å². The van der Waals surface area contributed by atoms with Crippen molar-refractivity contribution in [3.63, 3.8) is 0 Å². The zero-order valence-electron chi connectivity index (χ0n) is 13.0. The van der Waals surface area contributed by atoms with E-state index in [-0.39, 0.29) is 18.3 Å².